The number of aromatic nitrogens is 2. The van der Waals surface area contributed by atoms with E-state index >= 15 is 0 Å². The summed E-state index contributed by atoms with van der Waals surface area (Å²) < 4.78 is 79.0. The number of carbonyl (C=O) groups excluding carboxylic acids is 1. The summed E-state index contributed by atoms with van der Waals surface area (Å²) in [5.74, 6) is -0.404. The van der Waals surface area contributed by atoms with Crippen LogP contribution in [0.25, 0.3) is 0 Å². The predicted octanol–water partition coefficient (Wildman–Crippen LogP) is 5.61. The first-order valence-electron chi connectivity index (χ1n) is 12.3. The number of rotatable bonds is 5. The number of hydrogen-bond donors (Lipinski definition) is 0. The van der Waals surface area contributed by atoms with Crippen LogP contribution in [0, 0.1) is 0 Å². The van der Waals surface area contributed by atoms with Gasteiger partial charge in [0.2, 0.25) is 5.91 Å². The molecule has 0 radical (unpaired) electrons. The van der Waals surface area contributed by atoms with E-state index in [1.54, 1.807) is 6.07 Å². The van der Waals surface area contributed by atoms with Gasteiger partial charge in [-0.3, -0.25) is 9.59 Å². The summed E-state index contributed by atoms with van der Waals surface area (Å²) in [5, 5.41) is 6.68. The average molecular weight is 585 g/mol. The van der Waals surface area contributed by atoms with Gasteiger partial charge in [0, 0.05) is 37.0 Å². The normalized spacial score (nSPS) is 18.5. The fraction of sp³-hybridized carbons (Fsp3) is 0.385. The van der Waals surface area contributed by atoms with Crippen LogP contribution in [-0.2, 0) is 28.5 Å². The summed E-state index contributed by atoms with van der Waals surface area (Å²) in [6.45, 7) is 0.225. The third-order valence-electron chi connectivity index (χ3n) is 6.90. The lowest BCUT2D eigenvalue weighted by Crippen LogP contribution is -2.41. The van der Waals surface area contributed by atoms with Crippen molar-refractivity contribution < 1.29 is 36.0 Å². The van der Waals surface area contributed by atoms with Crippen LogP contribution in [0.5, 0.6) is 0 Å². The first-order chi connectivity index (χ1) is 18.9. The van der Waals surface area contributed by atoms with Crippen LogP contribution in [0.15, 0.2) is 57.9 Å². The second-order valence-corrected chi connectivity index (χ2v) is 10.4. The van der Waals surface area contributed by atoms with Crippen molar-refractivity contribution in [2.75, 3.05) is 13.1 Å². The first-order valence-corrected chi connectivity index (χ1v) is 13.2. The molecule has 1 atom stereocenters. The molecular formula is C26H22F6N4O3S. The highest BCUT2D eigenvalue weighted by Gasteiger charge is 2.35. The molecule has 4 heterocycles. The summed E-state index contributed by atoms with van der Waals surface area (Å²) in [5.41, 5.74) is -1.86. The molecule has 3 aromatic rings. The van der Waals surface area contributed by atoms with Crippen molar-refractivity contribution in [3.05, 3.63) is 85.7 Å². The monoisotopic (exact) mass is 584 g/mol. The molecule has 0 bridgehead atoms. The van der Waals surface area contributed by atoms with E-state index in [0.29, 0.717) is 49.0 Å². The summed E-state index contributed by atoms with van der Waals surface area (Å²) in [6, 6.07) is 6.71. The Balaban J connectivity index is 1.17. The number of pyridine rings is 1. The predicted molar refractivity (Wildman–Crippen MR) is 133 cm³/mol. The highest BCUT2D eigenvalue weighted by Crippen LogP contribution is 2.36. The highest BCUT2D eigenvalue weighted by atomic mass is 32.1. The number of hydrogen-bond acceptors (Lipinski definition) is 6. The van der Waals surface area contributed by atoms with E-state index in [0.717, 1.165) is 34.0 Å². The SMILES string of the molecule is O=C(Cn1cccc(C(F)(F)F)c1=O)N1CCC(c2nc(C3=NOC(c4cccc(C(F)(F)F)c4)C3)cs2)CC1. The van der Waals surface area contributed by atoms with Crippen LogP contribution in [0.3, 0.4) is 0 Å². The molecule has 0 N–H and O–H groups in total. The Labute approximate surface area is 227 Å². The maximum atomic E-state index is 13.1. The van der Waals surface area contributed by atoms with Gasteiger partial charge in [-0.25, -0.2) is 4.98 Å². The molecular weight excluding hydrogens is 562 g/mol. The molecule has 2 aliphatic rings. The van der Waals surface area contributed by atoms with Gasteiger partial charge in [-0.15, -0.1) is 11.3 Å². The standard InChI is InChI=1S/C26H22F6N4O3S/c27-25(28,29)17-4-1-3-16(11-17)21-12-19(34-39-21)20-14-40-23(33-20)15-6-9-35(10-7-15)22(37)13-36-8-2-5-18(24(36)38)26(30,31)32/h1-5,8,11,14-15,21H,6-7,9-10,12-13H2. The summed E-state index contributed by atoms with van der Waals surface area (Å²) in [4.78, 5) is 36.4. The van der Waals surface area contributed by atoms with Crippen LogP contribution in [0.4, 0.5) is 26.3 Å². The molecule has 14 heteroatoms. The molecule has 0 spiro atoms. The zero-order valence-electron chi connectivity index (χ0n) is 20.7. The molecule has 2 aliphatic heterocycles. The van der Waals surface area contributed by atoms with Crippen molar-refractivity contribution in [3.63, 3.8) is 0 Å². The number of amides is 1. The van der Waals surface area contributed by atoms with Gasteiger partial charge in [0.25, 0.3) is 5.56 Å². The summed E-state index contributed by atoms with van der Waals surface area (Å²) in [7, 11) is 0. The van der Waals surface area contributed by atoms with Crippen LogP contribution in [-0.4, -0.2) is 39.2 Å². The molecule has 7 nitrogen and oxygen atoms in total. The maximum absolute atomic E-state index is 13.1. The van der Waals surface area contributed by atoms with Crippen LogP contribution < -0.4 is 5.56 Å². The number of piperidine rings is 1. The van der Waals surface area contributed by atoms with Crippen molar-refractivity contribution in [2.24, 2.45) is 5.16 Å². The van der Waals surface area contributed by atoms with Gasteiger partial charge in [-0.2, -0.15) is 26.3 Å². The van der Waals surface area contributed by atoms with Crippen molar-refractivity contribution in [3.8, 4) is 0 Å². The molecule has 1 saturated heterocycles. The Hall–Kier alpha value is -3.68. The van der Waals surface area contributed by atoms with Gasteiger partial charge >= 0.3 is 12.4 Å². The van der Waals surface area contributed by atoms with Gasteiger partial charge in [-0.05, 0) is 42.7 Å². The number of alkyl halides is 6. The third-order valence-corrected chi connectivity index (χ3v) is 7.91. The topological polar surface area (TPSA) is 76.8 Å². The minimum Gasteiger partial charge on any atom is -0.387 e. The van der Waals surface area contributed by atoms with Crippen LogP contribution in [0.2, 0.25) is 0 Å². The summed E-state index contributed by atoms with van der Waals surface area (Å²) >= 11 is 1.41. The lowest BCUT2D eigenvalue weighted by molar-refractivity contribution is -0.140. The second-order valence-electron chi connectivity index (χ2n) is 9.54. The first kappa shape index (κ1) is 27.9. The average Bonchev–Trinajstić information content (AvgIpc) is 3.59. The zero-order chi connectivity index (χ0) is 28.7. The number of thiazole rings is 1. The van der Waals surface area contributed by atoms with E-state index in [1.165, 1.54) is 22.3 Å². The highest BCUT2D eigenvalue weighted by molar-refractivity contribution is 7.10. The lowest BCUT2D eigenvalue weighted by atomic mass is 9.97. The van der Waals surface area contributed by atoms with Crippen molar-refractivity contribution >= 4 is 23.0 Å². The number of halogens is 6. The maximum Gasteiger partial charge on any atom is 0.421 e. The molecule has 40 heavy (non-hydrogen) atoms. The summed E-state index contributed by atoms with van der Waals surface area (Å²) in [6.07, 6.45) is -7.33. The Morgan fingerprint density at radius 2 is 1.80 bits per heavy atom. The molecule has 212 valence electrons. The zero-order valence-corrected chi connectivity index (χ0v) is 21.5. The minimum atomic E-state index is -4.80. The van der Waals surface area contributed by atoms with E-state index < -0.39 is 47.6 Å². The quantitative estimate of drug-likeness (QED) is 0.365. The van der Waals surface area contributed by atoms with Gasteiger partial charge < -0.3 is 14.3 Å². The smallest absolute Gasteiger partial charge is 0.387 e. The fourth-order valence-corrected chi connectivity index (χ4v) is 5.73. The van der Waals surface area contributed by atoms with Gasteiger partial charge in [0.05, 0.1) is 16.3 Å². The van der Waals surface area contributed by atoms with Crippen molar-refractivity contribution in [1.82, 2.24) is 14.5 Å². The van der Waals surface area contributed by atoms with Gasteiger partial charge in [-0.1, -0.05) is 17.3 Å². The Morgan fingerprint density at radius 1 is 1.05 bits per heavy atom. The van der Waals surface area contributed by atoms with E-state index in [9.17, 15) is 35.9 Å². The Morgan fingerprint density at radius 3 is 2.50 bits per heavy atom. The molecule has 0 aliphatic carbocycles. The number of nitrogens with zero attached hydrogens (tertiary/aromatic N) is 4. The molecule has 1 aromatic carbocycles. The van der Waals surface area contributed by atoms with E-state index in [4.69, 9.17) is 4.84 Å². The van der Waals surface area contributed by atoms with Crippen LogP contribution >= 0.6 is 11.3 Å². The van der Waals surface area contributed by atoms with Crippen LogP contribution in [0.1, 0.15) is 58.7 Å². The van der Waals surface area contributed by atoms with E-state index in [-0.39, 0.29) is 12.3 Å². The fourth-order valence-electron chi connectivity index (χ4n) is 4.73. The van der Waals surface area contributed by atoms with Crippen molar-refractivity contribution in [1.29, 1.82) is 0 Å². The molecule has 1 fully saturated rings. The number of oxime groups is 1. The Bertz CT molecular complexity index is 1490. The largest absolute Gasteiger partial charge is 0.421 e. The van der Waals surface area contributed by atoms with E-state index in [1.807, 2.05) is 5.38 Å². The molecule has 5 rings (SSSR count). The third kappa shape index (κ3) is 5.91. The molecule has 1 amide bonds. The Kier molecular flexibility index (Phi) is 7.46. The van der Waals surface area contributed by atoms with Crippen molar-refractivity contribution in [2.45, 2.75) is 50.2 Å². The molecule has 2 aromatic heterocycles. The van der Waals surface area contributed by atoms with Gasteiger partial charge in [0.1, 0.15) is 17.8 Å². The van der Waals surface area contributed by atoms with Gasteiger partial charge in [0.15, 0.2) is 6.10 Å². The number of benzene rings is 1. The number of carbonyl (C=O) groups is 1. The minimum absolute atomic E-state index is 0.0428. The number of likely N-dealkylation sites (tertiary alicyclic amines) is 1. The molecule has 1 unspecified atom stereocenters. The lowest BCUT2D eigenvalue weighted by Gasteiger charge is -2.31. The second kappa shape index (κ2) is 10.7. The molecule has 0 saturated carbocycles. The van der Waals surface area contributed by atoms with E-state index in [2.05, 4.69) is 10.1 Å².